The standard InChI is InChI=1S/C14H21N5S/c1-8(5-6-12-7-9(2)20-10(12)3)16-14-18-11(4)17-13(15)19-14/h7-8H,5-6H2,1-4H3,(H3,15,16,17,18,19). The summed E-state index contributed by atoms with van der Waals surface area (Å²) < 4.78 is 0. The first-order chi connectivity index (χ1) is 9.44. The van der Waals surface area contributed by atoms with Crippen molar-refractivity contribution in [2.75, 3.05) is 11.1 Å². The van der Waals surface area contributed by atoms with Gasteiger partial charge in [-0.1, -0.05) is 0 Å². The van der Waals surface area contributed by atoms with Crippen LogP contribution in [0.5, 0.6) is 0 Å². The van der Waals surface area contributed by atoms with Gasteiger partial charge in [-0.3, -0.25) is 0 Å². The van der Waals surface area contributed by atoms with Gasteiger partial charge in [-0.25, -0.2) is 0 Å². The quantitative estimate of drug-likeness (QED) is 0.885. The number of nitrogen functional groups attached to an aromatic ring is 1. The van der Waals surface area contributed by atoms with Gasteiger partial charge in [0.1, 0.15) is 5.82 Å². The lowest BCUT2D eigenvalue weighted by Crippen LogP contribution is -2.19. The highest BCUT2D eigenvalue weighted by Crippen LogP contribution is 2.22. The van der Waals surface area contributed by atoms with Crippen molar-refractivity contribution in [1.29, 1.82) is 0 Å². The molecule has 0 aliphatic rings. The van der Waals surface area contributed by atoms with Gasteiger partial charge >= 0.3 is 0 Å². The van der Waals surface area contributed by atoms with Crippen LogP contribution in [-0.2, 0) is 6.42 Å². The second-order valence-electron chi connectivity index (χ2n) is 5.09. The Morgan fingerprint density at radius 2 is 2.00 bits per heavy atom. The molecule has 108 valence electrons. The van der Waals surface area contributed by atoms with Crippen molar-refractivity contribution in [3.05, 3.63) is 27.2 Å². The highest BCUT2D eigenvalue weighted by atomic mass is 32.1. The molecule has 0 amide bonds. The molecule has 0 radical (unpaired) electrons. The molecule has 3 N–H and O–H groups in total. The third kappa shape index (κ3) is 3.90. The predicted octanol–water partition coefficient (Wildman–Crippen LogP) is 2.87. The van der Waals surface area contributed by atoms with Crippen LogP contribution in [-0.4, -0.2) is 21.0 Å². The Bertz CT molecular complexity index is 573. The number of anilines is 2. The molecule has 1 unspecified atom stereocenters. The lowest BCUT2D eigenvalue weighted by Gasteiger charge is -2.14. The third-order valence-electron chi connectivity index (χ3n) is 3.13. The molecule has 0 bridgehead atoms. The number of aryl methyl sites for hydroxylation is 4. The van der Waals surface area contributed by atoms with Gasteiger partial charge in [0.05, 0.1) is 0 Å². The molecule has 0 saturated heterocycles. The normalized spacial score (nSPS) is 12.4. The summed E-state index contributed by atoms with van der Waals surface area (Å²) in [6, 6.07) is 2.56. The van der Waals surface area contributed by atoms with E-state index < -0.39 is 0 Å². The zero-order valence-corrected chi connectivity index (χ0v) is 13.2. The molecule has 5 nitrogen and oxygen atoms in total. The van der Waals surface area contributed by atoms with E-state index in [1.807, 2.05) is 18.3 Å². The van der Waals surface area contributed by atoms with Crippen LogP contribution in [0, 0.1) is 20.8 Å². The van der Waals surface area contributed by atoms with E-state index in [4.69, 9.17) is 5.73 Å². The first-order valence-corrected chi connectivity index (χ1v) is 7.56. The van der Waals surface area contributed by atoms with Gasteiger partial charge in [0, 0.05) is 15.8 Å². The van der Waals surface area contributed by atoms with E-state index in [0.717, 1.165) is 12.8 Å². The molecule has 0 fully saturated rings. The Hall–Kier alpha value is -1.69. The Morgan fingerprint density at radius 3 is 2.60 bits per heavy atom. The van der Waals surface area contributed by atoms with Crippen molar-refractivity contribution in [3.8, 4) is 0 Å². The lowest BCUT2D eigenvalue weighted by molar-refractivity contribution is 0.696. The molecule has 6 heteroatoms. The van der Waals surface area contributed by atoms with E-state index in [-0.39, 0.29) is 12.0 Å². The topological polar surface area (TPSA) is 76.7 Å². The van der Waals surface area contributed by atoms with E-state index in [9.17, 15) is 0 Å². The summed E-state index contributed by atoms with van der Waals surface area (Å²) in [5, 5.41) is 3.28. The number of rotatable bonds is 5. The maximum Gasteiger partial charge on any atom is 0.227 e. The number of nitrogens with two attached hydrogens (primary N) is 1. The molecule has 0 saturated carbocycles. The first-order valence-electron chi connectivity index (χ1n) is 6.74. The summed E-state index contributed by atoms with van der Waals surface area (Å²) >= 11 is 1.86. The van der Waals surface area contributed by atoms with Crippen LogP contribution in [0.25, 0.3) is 0 Å². The highest BCUT2D eigenvalue weighted by Gasteiger charge is 2.09. The molecule has 2 aromatic heterocycles. The number of nitrogens with zero attached hydrogens (tertiary/aromatic N) is 3. The SMILES string of the molecule is Cc1nc(N)nc(NC(C)CCc2cc(C)sc2C)n1. The number of thiophene rings is 1. The minimum Gasteiger partial charge on any atom is -0.368 e. The van der Waals surface area contributed by atoms with Crippen LogP contribution >= 0.6 is 11.3 Å². The molecule has 0 aliphatic carbocycles. The Balaban J connectivity index is 1.92. The number of hydrogen-bond acceptors (Lipinski definition) is 6. The Kier molecular flexibility index (Phi) is 4.54. The minimum atomic E-state index is 0.261. The van der Waals surface area contributed by atoms with Gasteiger partial charge in [-0.2, -0.15) is 15.0 Å². The van der Waals surface area contributed by atoms with Gasteiger partial charge in [0.15, 0.2) is 0 Å². The Morgan fingerprint density at radius 1 is 1.25 bits per heavy atom. The monoisotopic (exact) mass is 291 g/mol. The van der Waals surface area contributed by atoms with E-state index >= 15 is 0 Å². The molecule has 0 aliphatic heterocycles. The largest absolute Gasteiger partial charge is 0.368 e. The van der Waals surface area contributed by atoms with Crippen LogP contribution in [0.4, 0.5) is 11.9 Å². The van der Waals surface area contributed by atoms with Crippen LogP contribution in [0.15, 0.2) is 6.07 Å². The van der Waals surface area contributed by atoms with Crippen molar-refractivity contribution in [2.24, 2.45) is 0 Å². The molecule has 0 aromatic carbocycles. The van der Waals surface area contributed by atoms with Crippen LogP contribution < -0.4 is 11.1 Å². The average molecular weight is 291 g/mol. The second kappa shape index (κ2) is 6.17. The van der Waals surface area contributed by atoms with Crippen LogP contribution in [0.2, 0.25) is 0 Å². The van der Waals surface area contributed by atoms with Crippen molar-refractivity contribution in [3.63, 3.8) is 0 Å². The maximum atomic E-state index is 5.62. The van der Waals surface area contributed by atoms with E-state index in [0.29, 0.717) is 11.8 Å². The summed E-state index contributed by atoms with van der Waals surface area (Å²) in [6.07, 6.45) is 2.09. The zero-order valence-electron chi connectivity index (χ0n) is 12.4. The van der Waals surface area contributed by atoms with Gasteiger partial charge in [0.25, 0.3) is 0 Å². The van der Waals surface area contributed by atoms with E-state index in [1.54, 1.807) is 0 Å². The van der Waals surface area contributed by atoms with Crippen molar-refractivity contribution < 1.29 is 0 Å². The summed E-state index contributed by atoms with van der Waals surface area (Å²) in [6.45, 7) is 8.27. The minimum absolute atomic E-state index is 0.261. The van der Waals surface area contributed by atoms with E-state index in [2.05, 4.69) is 47.1 Å². The van der Waals surface area contributed by atoms with Crippen molar-refractivity contribution in [1.82, 2.24) is 15.0 Å². The van der Waals surface area contributed by atoms with Gasteiger partial charge < -0.3 is 11.1 Å². The fourth-order valence-electron chi connectivity index (χ4n) is 2.16. The van der Waals surface area contributed by atoms with Crippen LogP contribution in [0.1, 0.15) is 34.5 Å². The van der Waals surface area contributed by atoms with Gasteiger partial charge in [0.2, 0.25) is 11.9 Å². The molecule has 2 rings (SSSR count). The smallest absolute Gasteiger partial charge is 0.227 e. The second-order valence-corrected chi connectivity index (χ2v) is 6.55. The average Bonchev–Trinajstić information content (AvgIpc) is 2.64. The van der Waals surface area contributed by atoms with Crippen molar-refractivity contribution >= 4 is 23.2 Å². The summed E-state index contributed by atoms with van der Waals surface area (Å²) in [7, 11) is 0. The molecular formula is C14H21N5S. The molecule has 0 spiro atoms. The van der Waals surface area contributed by atoms with Gasteiger partial charge in [-0.05, 0) is 52.2 Å². The number of hydrogen-bond donors (Lipinski definition) is 2. The third-order valence-corrected chi connectivity index (χ3v) is 4.14. The molecule has 2 aromatic rings. The Labute approximate surface area is 123 Å². The molecule has 1 atom stereocenters. The molecule has 20 heavy (non-hydrogen) atoms. The fourth-order valence-corrected chi connectivity index (χ4v) is 3.14. The van der Waals surface area contributed by atoms with Gasteiger partial charge in [-0.15, -0.1) is 11.3 Å². The summed E-state index contributed by atoms with van der Waals surface area (Å²) in [5.74, 6) is 1.45. The first kappa shape index (κ1) is 14.7. The predicted molar refractivity (Wildman–Crippen MR) is 84.2 cm³/mol. The maximum absolute atomic E-state index is 5.62. The summed E-state index contributed by atoms with van der Waals surface area (Å²) in [5.41, 5.74) is 7.06. The summed E-state index contributed by atoms with van der Waals surface area (Å²) in [4.78, 5) is 15.1. The number of aromatic nitrogens is 3. The lowest BCUT2D eigenvalue weighted by atomic mass is 10.1. The van der Waals surface area contributed by atoms with Crippen molar-refractivity contribution in [2.45, 2.75) is 46.6 Å². The molecule has 2 heterocycles. The van der Waals surface area contributed by atoms with E-state index in [1.165, 1.54) is 15.3 Å². The fraction of sp³-hybridized carbons (Fsp3) is 0.500. The zero-order chi connectivity index (χ0) is 14.7. The molecular weight excluding hydrogens is 270 g/mol. The number of nitrogens with one attached hydrogen (secondary N) is 1. The van der Waals surface area contributed by atoms with Crippen LogP contribution in [0.3, 0.4) is 0 Å². The highest BCUT2D eigenvalue weighted by molar-refractivity contribution is 7.12.